The van der Waals surface area contributed by atoms with E-state index in [0.717, 1.165) is 17.4 Å². The number of benzene rings is 1. The topological polar surface area (TPSA) is 43.3 Å². The molecule has 5 heteroatoms. The number of hydrogen-bond donors (Lipinski definition) is 1. The zero-order valence-electron chi connectivity index (χ0n) is 15.1. The standard InChI is InChI=1S/C19H27BrN2O2/c1-13(2)10-14-12-22(17-7-6-15(20)11-16(14)17)9-8-21-18(23)24-19(3,4)5/h6-7,11-13H,8-10H2,1-5H3,(H,21,23). The molecule has 4 nitrogen and oxygen atoms in total. The van der Waals surface area contributed by atoms with Crippen molar-refractivity contribution in [1.82, 2.24) is 9.88 Å². The number of hydrogen-bond acceptors (Lipinski definition) is 2. The second-order valence-electron chi connectivity index (χ2n) is 7.54. The van der Waals surface area contributed by atoms with Gasteiger partial charge in [0.2, 0.25) is 0 Å². The van der Waals surface area contributed by atoms with E-state index in [9.17, 15) is 4.79 Å². The highest BCUT2D eigenvalue weighted by Crippen LogP contribution is 2.27. The number of carbonyl (C=O) groups is 1. The predicted octanol–water partition coefficient (Wildman–Crippen LogP) is 5.13. The molecular formula is C19H27BrN2O2. The molecule has 0 aliphatic rings. The van der Waals surface area contributed by atoms with Crippen LogP contribution in [0.4, 0.5) is 4.79 Å². The SMILES string of the molecule is CC(C)Cc1cn(CCNC(=O)OC(C)(C)C)c2ccc(Br)cc12. The van der Waals surface area contributed by atoms with E-state index < -0.39 is 5.60 Å². The van der Waals surface area contributed by atoms with E-state index in [0.29, 0.717) is 12.5 Å². The van der Waals surface area contributed by atoms with Crippen molar-refractivity contribution in [1.29, 1.82) is 0 Å². The van der Waals surface area contributed by atoms with Gasteiger partial charge in [0.05, 0.1) is 0 Å². The van der Waals surface area contributed by atoms with Gasteiger partial charge in [-0.25, -0.2) is 4.79 Å². The third-order valence-electron chi connectivity index (χ3n) is 3.57. The molecule has 0 saturated heterocycles. The summed E-state index contributed by atoms with van der Waals surface area (Å²) in [7, 11) is 0. The maximum atomic E-state index is 11.8. The van der Waals surface area contributed by atoms with Crippen LogP contribution < -0.4 is 5.32 Å². The molecule has 132 valence electrons. The second kappa shape index (κ2) is 7.60. The van der Waals surface area contributed by atoms with E-state index in [1.54, 1.807) is 0 Å². The summed E-state index contributed by atoms with van der Waals surface area (Å²) in [5.41, 5.74) is 2.07. The number of amides is 1. The molecule has 0 unspecified atom stereocenters. The second-order valence-corrected chi connectivity index (χ2v) is 8.45. The molecular weight excluding hydrogens is 368 g/mol. The van der Waals surface area contributed by atoms with Crippen LogP contribution in [0.1, 0.15) is 40.2 Å². The fourth-order valence-corrected chi connectivity index (χ4v) is 3.08. The zero-order chi connectivity index (χ0) is 17.9. The average Bonchev–Trinajstić information content (AvgIpc) is 2.73. The number of nitrogens with one attached hydrogen (secondary N) is 1. The van der Waals surface area contributed by atoms with Crippen molar-refractivity contribution in [3.8, 4) is 0 Å². The molecule has 0 spiro atoms. The van der Waals surface area contributed by atoms with Crippen molar-refractivity contribution in [2.45, 2.75) is 53.2 Å². The highest BCUT2D eigenvalue weighted by atomic mass is 79.9. The Kier molecular flexibility index (Phi) is 5.97. The summed E-state index contributed by atoms with van der Waals surface area (Å²) >= 11 is 3.56. The van der Waals surface area contributed by atoms with Crippen LogP contribution >= 0.6 is 15.9 Å². The van der Waals surface area contributed by atoms with E-state index in [4.69, 9.17) is 4.74 Å². The zero-order valence-corrected chi connectivity index (χ0v) is 16.7. The molecule has 0 aliphatic heterocycles. The van der Waals surface area contributed by atoms with Crippen LogP contribution in [-0.2, 0) is 17.7 Å². The van der Waals surface area contributed by atoms with Crippen LogP contribution in [0.25, 0.3) is 10.9 Å². The molecule has 24 heavy (non-hydrogen) atoms. The number of aromatic nitrogens is 1. The summed E-state index contributed by atoms with van der Waals surface area (Å²) < 4.78 is 8.56. The van der Waals surface area contributed by atoms with Gasteiger partial charge in [0, 0.05) is 34.7 Å². The molecule has 0 aliphatic carbocycles. The molecule has 2 rings (SSSR count). The number of alkyl carbamates (subject to hydrolysis) is 1. The summed E-state index contributed by atoms with van der Waals surface area (Å²) in [6.45, 7) is 11.3. The number of rotatable bonds is 5. The Morgan fingerprint density at radius 1 is 1.33 bits per heavy atom. The maximum Gasteiger partial charge on any atom is 0.407 e. The summed E-state index contributed by atoms with van der Waals surface area (Å²) in [6.07, 6.45) is 2.87. The molecule has 1 N–H and O–H groups in total. The van der Waals surface area contributed by atoms with Crippen LogP contribution in [0.2, 0.25) is 0 Å². The van der Waals surface area contributed by atoms with Crippen LogP contribution in [0.15, 0.2) is 28.9 Å². The Hall–Kier alpha value is -1.49. The predicted molar refractivity (Wildman–Crippen MR) is 102 cm³/mol. The first kappa shape index (κ1) is 18.8. The number of nitrogens with zero attached hydrogens (tertiary/aromatic N) is 1. The minimum absolute atomic E-state index is 0.371. The fraction of sp³-hybridized carbons (Fsp3) is 0.526. The molecule has 1 aromatic carbocycles. The minimum Gasteiger partial charge on any atom is -0.444 e. The summed E-state index contributed by atoms with van der Waals surface area (Å²) in [5, 5.41) is 4.10. The van der Waals surface area contributed by atoms with E-state index >= 15 is 0 Å². The van der Waals surface area contributed by atoms with Gasteiger partial charge in [0.25, 0.3) is 0 Å². The number of carbonyl (C=O) groups excluding carboxylic acids is 1. The third kappa shape index (κ3) is 5.26. The first-order valence-corrected chi connectivity index (χ1v) is 9.19. The van der Waals surface area contributed by atoms with Gasteiger partial charge >= 0.3 is 6.09 Å². The van der Waals surface area contributed by atoms with Crippen LogP contribution in [-0.4, -0.2) is 22.8 Å². The van der Waals surface area contributed by atoms with Gasteiger partial charge < -0.3 is 14.6 Å². The van der Waals surface area contributed by atoms with Crippen molar-refractivity contribution in [2.24, 2.45) is 5.92 Å². The minimum atomic E-state index is -0.471. The van der Waals surface area contributed by atoms with Crippen molar-refractivity contribution in [2.75, 3.05) is 6.54 Å². The molecule has 1 aromatic heterocycles. The smallest absolute Gasteiger partial charge is 0.407 e. The van der Waals surface area contributed by atoms with Gasteiger partial charge in [-0.3, -0.25) is 0 Å². The lowest BCUT2D eigenvalue weighted by atomic mass is 10.0. The average molecular weight is 395 g/mol. The Morgan fingerprint density at radius 2 is 2.04 bits per heavy atom. The molecule has 0 atom stereocenters. The molecule has 1 heterocycles. The highest BCUT2D eigenvalue weighted by Gasteiger charge is 2.16. The van der Waals surface area contributed by atoms with Crippen LogP contribution in [0.5, 0.6) is 0 Å². The Balaban J connectivity index is 2.10. The van der Waals surface area contributed by atoms with Gasteiger partial charge in [0.15, 0.2) is 0 Å². The van der Waals surface area contributed by atoms with Crippen molar-refractivity contribution < 1.29 is 9.53 Å². The maximum absolute atomic E-state index is 11.8. The first-order chi connectivity index (χ1) is 11.2. The molecule has 0 saturated carbocycles. The van der Waals surface area contributed by atoms with Gasteiger partial charge in [0.1, 0.15) is 5.60 Å². The van der Waals surface area contributed by atoms with E-state index in [-0.39, 0.29) is 6.09 Å². The molecule has 0 fully saturated rings. The fourth-order valence-electron chi connectivity index (χ4n) is 2.72. The Bertz CT molecular complexity index is 714. The monoisotopic (exact) mass is 394 g/mol. The van der Waals surface area contributed by atoms with Crippen LogP contribution in [0.3, 0.4) is 0 Å². The van der Waals surface area contributed by atoms with Crippen molar-refractivity contribution in [3.05, 3.63) is 34.4 Å². The molecule has 2 aromatic rings. The molecule has 0 radical (unpaired) electrons. The molecule has 1 amide bonds. The van der Waals surface area contributed by atoms with E-state index in [1.807, 2.05) is 20.8 Å². The van der Waals surface area contributed by atoms with Gasteiger partial charge in [-0.05, 0) is 56.9 Å². The van der Waals surface area contributed by atoms with Crippen LogP contribution in [0, 0.1) is 5.92 Å². The number of ether oxygens (including phenoxy) is 1. The normalized spacial score (nSPS) is 12.0. The first-order valence-electron chi connectivity index (χ1n) is 8.40. The van der Waals surface area contributed by atoms with E-state index in [2.05, 4.69) is 64.1 Å². The van der Waals surface area contributed by atoms with Gasteiger partial charge in [-0.2, -0.15) is 0 Å². The number of halogens is 1. The Morgan fingerprint density at radius 3 is 2.67 bits per heavy atom. The largest absolute Gasteiger partial charge is 0.444 e. The van der Waals surface area contributed by atoms with Crippen molar-refractivity contribution in [3.63, 3.8) is 0 Å². The van der Waals surface area contributed by atoms with Crippen molar-refractivity contribution >= 4 is 32.9 Å². The summed E-state index contributed by atoms with van der Waals surface area (Å²) in [5.74, 6) is 0.600. The lowest BCUT2D eigenvalue weighted by Gasteiger charge is -2.19. The van der Waals surface area contributed by atoms with E-state index in [1.165, 1.54) is 16.5 Å². The lowest BCUT2D eigenvalue weighted by molar-refractivity contribution is 0.0526. The number of fused-ring (bicyclic) bond motifs is 1. The highest BCUT2D eigenvalue weighted by molar-refractivity contribution is 9.10. The Labute approximate surface area is 152 Å². The molecule has 0 bridgehead atoms. The van der Waals surface area contributed by atoms with Gasteiger partial charge in [-0.15, -0.1) is 0 Å². The summed E-state index contributed by atoms with van der Waals surface area (Å²) in [4.78, 5) is 11.8. The summed E-state index contributed by atoms with van der Waals surface area (Å²) in [6, 6.07) is 6.35. The lowest BCUT2D eigenvalue weighted by Crippen LogP contribution is -2.34. The van der Waals surface area contributed by atoms with Gasteiger partial charge in [-0.1, -0.05) is 29.8 Å². The third-order valence-corrected chi connectivity index (χ3v) is 4.07. The quantitative estimate of drug-likeness (QED) is 0.763.